The average molecular weight is 418 g/mol. The topological polar surface area (TPSA) is 96.5 Å². The Morgan fingerprint density at radius 1 is 1.15 bits per heavy atom. The minimum atomic E-state index is -1.12. The van der Waals surface area contributed by atoms with E-state index in [2.05, 4.69) is 31.9 Å². The molecule has 4 amide bonds. The van der Waals surface area contributed by atoms with E-state index in [1.165, 1.54) is 0 Å². The summed E-state index contributed by atoms with van der Waals surface area (Å²) in [6, 6.07) is 11.2. The van der Waals surface area contributed by atoms with Crippen molar-refractivity contribution in [2.45, 2.75) is 12.5 Å². The molecule has 134 valence electrons. The quantitative estimate of drug-likeness (QED) is 0.666. The summed E-state index contributed by atoms with van der Waals surface area (Å²) in [5, 5.41) is 7.60. The van der Waals surface area contributed by atoms with Crippen molar-refractivity contribution in [3.8, 4) is 5.75 Å². The first-order valence-corrected chi connectivity index (χ1v) is 8.52. The van der Waals surface area contributed by atoms with E-state index in [4.69, 9.17) is 4.74 Å². The lowest BCUT2D eigenvalue weighted by atomic mass is 9.92. The molecule has 0 aliphatic carbocycles. The molecule has 1 atom stereocenters. The monoisotopic (exact) mass is 417 g/mol. The summed E-state index contributed by atoms with van der Waals surface area (Å²) in [6.07, 6.45) is 0. The van der Waals surface area contributed by atoms with Gasteiger partial charge in [-0.25, -0.2) is 4.79 Å². The maximum Gasteiger partial charge on any atom is 0.322 e. The number of anilines is 1. The summed E-state index contributed by atoms with van der Waals surface area (Å²) in [5.74, 6) is -0.0578. The van der Waals surface area contributed by atoms with Crippen molar-refractivity contribution in [1.82, 2.24) is 10.6 Å². The lowest BCUT2D eigenvalue weighted by Crippen LogP contribution is -2.40. The van der Waals surface area contributed by atoms with Crippen LogP contribution in [0.15, 0.2) is 46.9 Å². The standard InChI is InChI=1S/C18H16BrN3O4/c1-18(16(24)21-17(25)22-18)11-4-6-12(7-5-11)20-15(23)10-3-8-14(26-2)13(19)9-10/h3-9H,1-2H3,(H,20,23)(H2,21,22,24,25)/t18-/m1/s1. The van der Waals surface area contributed by atoms with Gasteiger partial charge in [0.15, 0.2) is 0 Å². The van der Waals surface area contributed by atoms with Crippen LogP contribution in [0.1, 0.15) is 22.8 Å². The average Bonchev–Trinajstić information content (AvgIpc) is 2.88. The molecule has 0 bridgehead atoms. The second-order valence-electron chi connectivity index (χ2n) is 5.91. The molecular weight excluding hydrogens is 402 g/mol. The summed E-state index contributed by atoms with van der Waals surface area (Å²) < 4.78 is 5.82. The second-order valence-corrected chi connectivity index (χ2v) is 6.77. The number of benzene rings is 2. The van der Waals surface area contributed by atoms with Gasteiger partial charge in [0.2, 0.25) is 0 Å². The molecule has 2 aromatic rings. The summed E-state index contributed by atoms with van der Waals surface area (Å²) in [5.41, 5.74) is 0.529. The lowest BCUT2D eigenvalue weighted by Gasteiger charge is -2.21. The maximum atomic E-state index is 12.4. The number of carbonyl (C=O) groups excluding carboxylic acids is 3. The fourth-order valence-corrected chi connectivity index (χ4v) is 3.18. The van der Waals surface area contributed by atoms with Gasteiger partial charge in [0.1, 0.15) is 11.3 Å². The Morgan fingerprint density at radius 3 is 2.38 bits per heavy atom. The number of rotatable bonds is 4. The van der Waals surface area contributed by atoms with Gasteiger partial charge in [0.25, 0.3) is 11.8 Å². The van der Waals surface area contributed by atoms with Crippen molar-refractivity contribution in [1.29, 1.82) is 0 Å². The van der Waals surface area contributed by atoms with E-state index in [0.29, 0.717) is 27.0 Å². The summed E-state index contributed by atoms with van der Waals surface area (Å²) in [6.45, 7) is 1.62. The summed E-state index contributed by atoms with van der Waals surface area (Å²) in [4.78, 5) is 35.7. The van der Waals surface area contributed by atoms with Crippen LogP contribution >= 0.6 is 15.9 Å². The van der Waals surface area contributed by atoms with Gasteiger partial charge in [-0.2, -0.15) is 0 Å². The number of hydrogen-bond donors (Lipinski definition) is 3. The van der Waals surface area contributed by atoms with Gasteiger partial charge in [-0.05, 0) is 58.7 Å². The van der Waals surface area contributed by atoms with Gasteiger partial charge < -0.3 is 15.4 Å². The van der Waals surface area contributed by atoms with E-state index >= 15 is 0 Å². The number of halogens is 1. The third kappa shape index (κ3) is 3.28. The minimum absolute atomic E-state index is 0.278. The fraction of sp³-hybridized carbons (Fsp3) is 0.167. The Balaban J connectivity index is 1.75. The predicted molar refractivity (Wildman–Crippen MR) is 99.1 cm³/mol. The van der Waals surface area contributed by atoms with Gasteiger partial charge in [0.05, 0.1) is 11.6 Å². The van der Waals surface area contributed by atoms with E-state index in [1.807, 2.05) is 0 Å². The molecule has 0 radical (unpaired) electrons. The Kier molecular flexibility index (Phi) is 4.69. The maximum absolute atomic E-state index is 12.4. The van der Waals surface area contributed by atoms with Crippen molar-refractivity contribution in [2.75, 3.05) is 12.4 Å². The van der Waals surface area contributed by atoms with Crippen LogP contribution in [0.5, 0.6) is 5.75 Å². The van der Waals surface area contributed by atoms with Crippen molar-refractivity contribution < 1.29 is 19.1 Å². The molecule has 0 spiro atoms. The highest BCUT2D eigenvalue weighted by Gasteiger charge is 2.43. The van der Waals surface area contributed by atoms with E-state index < -0.39 is 17.5 Å². The Labute approximate surface area is 158 Å². The van der Waals surface area contributed by atoms with Gasteiger partial charge in [-0.15, -0.1) is 0 Å². The van der Waals surface area contributed by atoms with Crippen molar-refractivity contribution in [2.24, 2.45) is 0 Å². The zero-order chi connectivity index (χ0) is 18.9. The van der Waals surface area contributed by atoms with Gasteiger partial charge in [-0.3, -0.25) is 14.9 Å². The van der Waals surface area contributed by atoms with Crippen LogP contribution in [-0.2, 0) is 10.3 Å². The largest absolute Gasteiger partial charge is 0.496 e. The summed E-state index contributed by atoms with van der Waals surface area (Å²) >= 11 is 3.35. The molecule has 1 fully saturated rings. The van der Waals surface area contributed by atoms with E-state index in [9.17, 15) is 14.4 Å². The molecule has 1 heterocycles. The third-order valence-corrected chi connectivity index (χ3v) is 4.80. The molecule has 1 aliphatic heterocycles. The predicted octanol–water partition coefficient (Wildman–Crippen LogP) is 2.76. The van der Waals surface area contributed by atoms with E-state index in [-0.39, 0.29) is 5.91 Å². The number of urea groups is 1. The first kappa shape index (κ1) is 17.9. The molecule has 3 rings (SSSR count). The highest BCUT2D eigenvalue weighted by Crippen LogP contribution is 2.27. The van der Waals surface area contributed by atoms with E-state index in [0.717, 1.165) is 0 Å². The molecule has 26 heavy (non-hydrogen) atoms. The highest BCUT2D eigenvalue weighted by molar-refractivity contribution is 9.10. The number of nitrogens with one attached hydrogen (secondary N) is 3. The Morgan fingerprint density at radius 2 is 1.85 bits per heavy atom. The molecule has 0 aromatic heterocycles. The molecule has 1 aliphatic rings. The number of ether oxygens (including phenoxy) is 1. The zero-order valence-electron chi connectivity index (χ0n) is 14.1. The van der Waals surface area contributed by atoms with Gasteiger partial charge in [-0.1, -0.05) is 12.1 Å². The molecule has 0 saturated carbocycles. The van der Waals surface area contributed by atoms with Crippen LogP contribution in [0.4, 0.5) is 10.5 Å². The fourth-order valence-electron chi connectivity index (χ4n) is 2.64. The molecule has 3 N–H and O–H groups in total. The Bertz CT molecular complexity index is 898. The van der Waals surface area contributed by atoms with Crippen LogP contribution in [0, 0.1) is 0 Å². The molecule has 1 saturated heterocycles. The number of imide groups is 1. The first-order chi connectivity index (χ1) is 12.3. The van der Waals surface area contributed by atoms with Crippen LogP contribution in [0.3, 0.4) is 0 Å². The van der Waals surface area contributed by atoms with Crippen LogP contribution in [0.2, 0.25) is 0 Å². The molecule has 2 aromatic carbocycles. The minimum Gasteiger partial charge on any atom is -0.496 e. The molecule has 8 heteroatoms. The smallest absolute Gasteiger partial charge is 0.322 e. The van der Waals surface area contributed by atoms with Crippen LogP contribution < -0.4 is 20.7 Å². The van der Waals surface area contributed by atoms with Crippen LogP contribution in [-0.4, -0.2) is 25.0 Å². The number of methoxy groups -OCH3 is 1. The van der Waals surface area contributed by atoms with Gasteiger partial charge in [0, 0.05) is 11.3 Å². The first-order valence-electron chi connectivity index (χ1n) is 7.72. The highest BCUT2D eigenvalue weighted by atomic mass is 79.9. The van der Waals surface area contributed by atoms with Crippen molar-refractivity contribution in [3.05, 3.63) is 58.1 Å². The van der Waals surface area contributed by atoms with Crippen LogP contribution in [0.25, 0.3) is 0 Å². The number of hydrogen-bond acceptors (Lipinski definition) is 4. The lowest BCUT2D eigenvalue weighted by molar-refractivity contribution is -0.123. The van der Waals surface area contributed by atoms with Crippen molar-refractivity contribution >= 4 is 39.5 Å². The number of carbonyl (C=O) groups is 3. The number of amides is 4. The SMILES string of the molecule is COc1ccc(C(=O)Nc2ccc([C@@]3(C)NC(=O)NC3=O)cc2)cc1Br. The van der Waals surface area contributed by atoms with Crippen molar-refractivity contribution in [3.63, 3.8) is 0 Å². The summed E-state index contributed by atoms with van der Waals surface area (Å²) in [7, 11) is 1.55. The zero-order valence-corrected chi connectivity index (χ0v) is 15.6. The molecule has 0 unspecified atom stereocenters. The van der Waals surface area contributed by atoms with Gasteiger partial charge >= 0.3 is 6.03 Å². The van der Waals surface area contributed by atoms with E-state index in [1.54, 1.807) is 56.5 Å². The second kappa shape index (κ2) is 6.80. The Hall–Kier alpha value is -2.87. The molecular formula is C18H16BrN3O4. The third-order valence-electron chi connectivity index (χ3n) is 4.18. The molecule has 7 nitrogen and oxygen atoms in total. The normalized spacial score (nSPS) is 18.9.